The normalized spacial score (nSPS) is 53.5. The summed E-state index contributed by atoms with van der Waals surface area (Å²) in [7, 11) is -4.64. The van der Waals surface area contributed by atoms with Gasteiger partial charge in [0, 0.05) is 6.42 Å². The van der Waals surface area contributed by atoms with Crippen molar-refractivity contribution in [1.29, 1.82) is 0 Å². The van der Waals surface area contributed by atoms with Crippen molar-refractivity contribution in [1.82, 2.24) is 0 Å². The van der Waals surface area contributed by atoms with Crippen molar-refractivity contribution in [3.05, 3.63) is 0 Å². The van der Waals surface area contributed by atoms with Crippen LogP contribution >= 0.6 is 22.6 Å². The Balaban J connectivity index is 2.20. The molecule has 3 aliphatic heterocycles. The van der Waals surface area contributed by atoms with Gasteiger partial charge in [0.1, 0.15) is 12.2 Å². The summed E-state index contributed by atoms with van der Waals surface area (Å²) >= 11 is 1.88. The van der Waals surface area contributed by atoms with Gasteiger partial charge in [0.2, 0.25) is 4.75 Å². The molecule has 16 heavy (non-hydrogen) atoms. The van der Waals surface area contributed by atoms with Gasteiger partial charge in [-0.3, -0.25) is 4.18 Å². The standard InChI is InChI=1S/C7H6F3IO4S/c8-7(9,10)6-1-2-3(11)4(5(6)14-2)15-16(6,12)13/h2-5H,1H2. The third-order valence-corrected chi connectivity index (χ3v) is 6.93. The van der Waals surface area contributed by atoms with E-state index in [0.29, 0.717) is 0 Å². The molecule has 5 unspecified atom stereocenters. The van der Waals surface area contributed by atoms with Crippen molar-refractivity contribution < 1.29 is 30.5 Å². The van der Waals surface area contributed by atoms with Gasteiger partial charge in [-0.1, -0.05) is 22.6 Å². The number of fused-ring (bicyclic) bond motifs is 1. The van der Waals surface area contributed by atoms with Crippen LogP contribution in [0.2, 0.25) is 0 Å². The highest BCUT2D eigenvalue weighted by Gasteiger charge is 2.83. The highest BCUT2D eigenvalue weighted by molar-refractivity contribution is 14.1. The largest absolute Gasteiger partial charge is 0.413 e. The Labute approximate surface area is 103 Å². The molecular weight excluding hydrogens is 364 g/mol. The summed E-state index contributed by atoms with van der Waals surface area (Å²) in [5.74, 6) is 0. The van der Waals surface area contributed by atoms with E-state index in [9.17, 15) is 21.6 Å². The molecule has 92 valence electrons. The second kappa shape index (κ2) is 2.86. The van der Waals surface area contributed by atoms with Crippen LogP contribution in [-0.2, 0) is 19.0 Å². The van der Waals surface area contributed by atoms with Crippen LogP contribution < -0.4 is 0 Å². The lowest BCUT2D eigenvalue weighted by atomic mass is 9.86. The molecule has 2 bridgehead atoms. The fourth-order valence-corrected chi connectivity index (χ4v) is 5.63. The molecule has 0 aromatic heterocycles. The summed E-state index contributed by atoms with van der Waals surface area (Å²) in [5.41, 5.74) is 0. The molecule has 0 saturated carbocycles. The molecule has 0 aromatic rings. The second-order valence-electron chi connectivity index (χ2n) is 4.15. The topological polar surface area (TPSA) is 52.6 Å². The summed E-state index contributed by atoms with van der Waals surface area (Å²) < 4.78 is 68.6. The molecule has 3 saturated heterocycles. The first-order valence-electron chi connectivity index (χ1n) is 4.50. The molecule has 0 aromatic carbocycles. The van der Waals surface area contributed by atoms with Crippen LogP contribution in [0.5, 0.6) is 0 Å². The minimum atomic E-state index is -4.85. The van der Waals surface area contributed by atoms with Crippen LogP contribution in [0.3, 0.4) is 0 Å². The zero-order valence-corrected chi connectivity index (χ0v) is 10.5. The molecule has 5 atom stereocenters. The minimum absolute atomic E-state index is 0.338. The summed E-state index contributed by atoms with van der Waals surface area (Å²) in [6, 6.07) is 0. The third kappa shape index (κ3) is 1.02. The summed E-state index contributed by atoms with van der Waals surface area (Å²) in [5, 5.41) is 0. The first-order valence-corrected chi connectivity index (χ1v) is 7.15. The van der Waals surface area contributed by atoms with Crippen LogP contribution in [0.4, 0.5) is 13.2 Å². The quantitative estimate of drug-likeness (QED) is 0.363. The number of ether oxygens (including phenoxy) is 1. The van der Waals surface area contributed by atoms with E-state index in [4.69, 9.17) is 4.74 Å². The van der Waals surface area contributed by atoms with Crippen LogP contribution in [0.25, 0.3) is 0 Å². The van der Waals surface area contributed by atoms with E-state index in [0.717, 1.165) is 0 Å². The van der Waals surface area contributed by atoms with Crippen molar-refractivity contribution >= 4 is 32.7 Å². The van der Waals surface area contributed by atoms with E-state index < -0.39 is 45.8 Å². The molecule has 0 amide bonds. The lowest BCUT2D eigenvalue weighted by Gasteiger charge is -2.29. The molecule has 9 heteroatoms. The molecule has 4 nitrogen and oxygen atoms in total. The Morgan fingerprint density at radius 1 is 1.38 bits per heavy atom. The Hall–Kier alpha value is 0.390. The lowest BCUT2D eigenvalue weighted by Crippen LogP contribution is -2.56. The molecule has 0 radical (unpaired) electrons. The minimum Gasteiger partial charge on any atom is -0.369 e. The fraction of sp³-hybridized carbons (Fsp3) is 1.00. The fourth-order valence-electron chi connectivity index (χ4n) is 2.67. The van der Waals surface area contributed by atoms with Crippen molar-refractivity contribution in [2.75, 3.05) is 0 Å². The average molecular weight is 370 g/mol. The second-order valence-corrected chi connectivity index (χ2v) is 7.41. The summed E-state index contributed by atoms with van der Waals surface area (Å²) in [4.78, 5) is 0. The molecule has 3 aliphatic rings. The first-order chi connectivity index (χ1) is 7.21. The number of alkyl halides is 4. The van der Waals surface area contributed by atoms with E-state index in [-0.39, 0.29) is 3.92 Å². The molecule has 3 heterocycles. The molecular formula is C7H6F3IO4S. The van der Waals surface area contributed by atoms with Crippen LogP contribution in [0.15, 0.2) is 0 Å². The van der Waals surface area contributed by atoms with E-state index in [2.05, 4.69) is 4.18 Å². The Bertz CT molecular complexity index is 449. The average Bonchev–Trinajstić information content (AvgIpc) is 2.66. The number of halogens is 4. The molecule has 0 N–H and O–H groups in total. The van der Waals surface area contributed by atoms with Crippen molar-refractivity contribution in [2.45, 2.75) is 39.6 Å². The predicted molar refractivity (Wildman–Crippen MR) is 53.7 cm³/mol. The van der Waals surface area contributed by atoms with Gasteiger partial charge in [0.25, 0.3) is 10.1 Å². The zero-order valence-electron chi connectivity index (χ0n) is 7.57. The maximum absolute atomic E-state index is 13.0. The predicted octanol–water partition coefficient (Wildman–Crippen LogP) is 0.991. The van der Waals surface area contributed by atoms with Gasteiger partial charge < -0.3 is 4.74 Å². The lowest BCUT2D eigenvalue weighted by molar-refractivity contribution is -0.171. The summed E-state index contributed by atoms with van der Waals surface area (Å²) in [6.07, 6.45) is -8.48. The third-order valence-electron chi connectivity index (χ3n) is 3.42. The van der Waals surface area contributed by atoms with Gasteiger partial charge in [-0.25, -0.2) is 0 Å². The van der Waals surface area contributed by atoms with Crippen molar-refractivity contribution in [2.24, 2.45) is 0 Å². The highest BCUT2D eigenvalue weighted by Crippen LogP contribution is 2.61. The van der Waals surface area contributed by atoms with E-state index in [1.807, 2.05) is 22.6 Å². The Kier molecular flexibility index (Phi) is 2.05. The Morgan fingerprint density at radius 3 is 2.50 bits per heavy atom. The van der Waals surface area contributed by atoms with Gasteiger partial charge in [-0.05, 0) is 0 Å². The zero-order chi connectivity index (χ0) is 11.9. The SMILES string of the molecule is O=S1(=O)OC2C(I)C3CC1(C(F)(F)F)C2O3. The van der Waals surface area contributed by atoms with Gasteiger partial charge in [-0.15, -0.1) is 0 Å². The van der Waals surface area contributed by atoms with Gasteiger partial charge in [-0.2, -0.15) is 21.6 Å². The first kappa shape index (κ1) is 11.5. The van der Waals surface area contributed by atoms with Crippen molar-refractivity contribution in [3.8, 4) is 0 Å². The van der Waals surface area contributed by atoms with Crippen molar-refractivity contribution in [3.63, 3.8) is 0 Å². The summed E-state index contributed by atoms with van der Waals surface area (Å²) in [6.45, 7) is 0. The molecule has 3 fully saturated rings. The number of rotatable bonds is 0. The van der Waals surface area contributed by atoms with E-state index in [1.165, 1.54) is 0 Å². The van der Waals surface area contributed by atoms with E-state index in [1.54, 1.807) is 0 Å². The van der Waals surface area contributed by atoms with Gasteiger partial charge in [0.15, 0.2) is 0 Å². The monoisotopic (exact) mass is 370 g/mol. The maximum atomic E-state index is 13.0. The van der Waals surface area contributed by atoms with E-state index >= 15 is 0 Å². The molecule has 0 spiro atoms. The number of hydrogen-bond donors (Lipinski definition) is 0. The van der Waals surface area contributed by atoms with Gasteiger partial charge in [0.05, 0.1) is 10.0 Å². The number of hydrogen-bond acceptors (Lipinski definition) is 4. The molecule has 0 aliphatic carbocycles. The Morgan fingerprint density at radius 2 is 2.00 bits per heavy atom. The van der Waals surface area contributed by atoms with Crippen LogP contribution in [0, 0.1) is 0 Å². The van der Waals surface area contributed by atoms with Crippen LogP contribution in [-0.4, -0.2) is 41.6 Å². The highest BCUT2D eigenvalue weighted by atomic mass is 127. The van der Waals surface area contributed by atoms with Crippen LogP contribution in [0.1, 0.15) is 6.42 Å². The smallest absolute Gasteiger partial charge is 0.369 e. The molecule has 3 rings (SSSR count). The van der Waals surface area contributed by atoms with Gasteiger partial charge >= 0.3 is 6.18 Å². The maximum Gasteiger partial charge on any atom is 0.413 e.